The molecular formula is C20H27F3N4O2. The molecule has 1 aromatic heterocycles. The largest absolute Gasteiger partial charge is 0.490 e. The van der Waals surface area contributed by atoms with Gasteiger partial charge in [-0.05, 0) is 44.5 Å². The highest BCUT2D eigenvalue weighted by Crippen LogP contribution is 2.24. The van der Waals surface area contributed by atoms with Crippen molar-refractivity contribution in [1.29, 1.82) is 0 Å². The molecule has 29 heavy (non-hydrogen) atoms. The Labute approximate surface area is 168 Å². The van der Waals surface area contributed by atoms with Crippen molar-refractivity contribution in [1.82, 2.24) is 20.0 Å². The molecule has 1 fully saturated rings. The van der Waals surface area contributed by atoms with Crippen molar-refractivity contribution in [2.45, 2.75) is 38.5 Å². The van der Waals surface area contributed by atoms with E-state index in [-0.39, 0.29) is 0 Å². The van der Waals surface area contributed by atoms with E-state index in [1.165, 1.54) is 41.6 Å². The van der Waals surface area contributed by atoms with Gasteiger partial charge in [0.2, 0.25) is 0 Å². The lowest BCUT2D eigenvalue weighted by Gasteiger charge is -2.20. The third-order valence-corrected chi connectivity index (χ3v) is 4.89. The number of aryl methyl sites for hydroxylation is 2. The molecule has 0 bridgehead atoms. The maximum absolute atomic E-state index is 10.6. The number of aliphatic carboxylic acids is 1. The summed E-state index contributed by atoms with van der Waals surface area (Å²) in [7, 11) is 4.19. The summed E-state index contributed by atoms with van der Waals surface area (Å²) in [6.45, 7) is 5.36. The molecule has 1 saturated heterocycles. The zero-order chi connectivity index (χ0) is 21.6. The minimum absolute atomic E-state index is 0.687. The van der Waals surface area contributed by atoms with Crippen molar-refractivity contribution in [3.05, 3.63) is 41.7 Å². The Morgan fingerprint density at radius 2 is 2.03 bits per heavy atom. The van der Waals surface area contributed by atoms with Crippen LogP contribution in [0.4, 0.5) is 13.2 Å². The monoisotopic (exact) mass is 412 g/mol. The normalized spacial score (nSPS) is 17.1. The summed E-state index contributed by atoms with van der Waals surface area (Å²) in [6.07, 6.45) is 1.59. The third-order valence-electron chi connectivity index (χ3n) is 4.89. The molecule has 0 aliphatic carbocycles. The van der Waals surface area contributed by atoms with Crippen LogP contribution in [0.1, 0.15) is 24.0 Å². The van der Waals surface area contributed by atoms with Gasteiger partial charge in [-0.2, -0.15) is 18.3 Å². The minimum Gasteiger partial charge on any atom is -0.475 e. The topological polar surface area (TPSA) is 70.4 Å². The molecule has 9 heteroatoms. The molecule has 6 nitrogen and oxygen atoms in total. The number of likely N-dealkylation sites (N-methyl/N-ethyl adjacent to an activating group) is 1. The minimum atomic E-state index is -5.08. The summed E-state index contributed by atoms with van der Waals surface area (Å²) in [5, 5.41) is 15.1. The molecule has 1 aliphatic heterocycles. The van der Waals surface area contributed by atoms with E-state index < -0.39 is 12.1 Å². The summed E-state index contributed by atoms with van der Waals surface area (Å²) < 4.78 is 33.6. The highest BCUT2D eigenvalue weighted by Gasteiger charge is 2.38. The average Bonchev–Trinajstić information content (AvgIpc) is 3.24. The van der Waals surface area contributed by atoms with Crippen LogP contribution in [0.15, 0.2) is 30.6 Å². The number of carboxylic acid groups (broad SMARTS) is 1. The van der Waals surface area contributed by atoms with E-state index in [2.05, 4.69) is 53.7 Å². The van der Waals surface area contributed by atoms with Gasteiger partial charge in [-0.25, -0.2) is 4.79 Å². The van der Waals surface area contributed by atoms with Gasteiger partial charge in [0.15, 0.2) is 0 Å². The van der Waals surface area contributed by atoms with E-state index in [1.807, 2.05) is 17.9 Å². The van der Waals surface area contributed by atoms with Crippen LogP contribution in [-0.2, 0) is 18.4 Å². The lowest BCUT2D eigenvalue weighted by atomic mass is 10.00. The van der Waals surface area contributed by atoms with Gasteiger partial charge in [0.1, 0.15) is 0 Å². The zero-order valence-electron chi connectivity index (χ0n) is 16.8. The highest BCUT2D eigenvalue weighted by atomic mass is 19.4. The Balaban J connectivity index is 0.000000370. The lowest BCUT2D eigenvalue weighted by molar-refractivity contribution is -0.192. The molecule has 1 atom stereocenters. The van der Waals surface area contributed by atoms with E-state index in [0.29, 0.717) is 6.04 Å². The zero-order valence-corrected chi connectivity index (χ0v) is 16.8. The first kappa shape index (κ1) is 22.9. The van der Waals surface area contributed by atoms with E-state index in [1.54, 1.807) is 0 Å². The van der Waals surface area contributed by atoms with Crippen LogP contribution in [0.2, 0.25) is 0 Å². The van der Waals surface area contributed by atoms with E-state index in [4.69, 9.17) is 9.90 Å². The average molecular weight is 412 g/mol. The first-order valence-electron chi connectivity index (χ1n) is 9.37. The molecule has 160 valence electrons. The first-order valence-corrected chi connectivity index (χ1v) is 9.37. The van der Waals surface area contributed by atoms with Gasteiger partial charge >= 0.3 is 12.1 Å². The second-order valence-electron chi connectivity index (χ2n) is 7.27. The van der Waals surface area contributed by atoms with Gasteiger partial charge < -0.3 is 15.3 Å². The van der Waals surface area contributed by atoms with Crippen molar-refractivity contribution in [2.24, 2.45) is 7.05 Å². The summed E-state index contributed by atoms with van der Waals surface area (Å²) in [5.41, 5.74) is 5.12. The summed E-state index contributed by atoms with van der Waals surface area (Å²) in [4.78, 5) is 11.4. The second kappa shape index (κ2) is 9.89. The number of hydrogen-bond donors (Lipinski definition) is 2. The van der Waals surface area contributed by atoms with Crippen molar-refractivity contribution in [3.63, 3.8) is 0 Å². The number of rotatable bonds is 5. The number of alkyl halides is 3. The molecule has 1 unspecified atom stereocenters. The van der Waals surface area contributed by atoms with E-state index in [9.17, 15) is 13.2 Å². The molecule has 0 saturated carbocycles. The van der Waals surface area contributed by atoms with Crippen molar-refractivity contribution >= 4 is 5.97 Å². The number of nitrogens with one attached hydrogen (secondary N) is 1. The number of hydrogen-bond acceptors (Lipinski definition) is 4. The molecule has 0 spiro atoms. The van der Waals surface area contributed by atoms with Crippen LogP contribution in [-0.4, -0.2) is 58.1 Å². The Kier molecular flexibility index (Phi) is 7.80. The van der Waals surface area contributed by atoms with Crippen molar-refractivity contribution in [2.75, 3.05) is 20.1 Å². The Bertz CT molecular complexity index is 820. The molecule has 1 aromatic carbocycles. The van der Waals surface area contributed by atoms with Crippen molar-refractivity contribution in [3.8, 4) is 11.1 Å². The third kappa shape index (κ3) is 6.86. The SMILES string of the molecule is Cc1ccc(CNCC2CCCN2C)c(-c2cnn(C)c2)c1.O=C(O)C(F)(F)F. The maximum atomic E-state index is 10.6. The summed E-state index contributed by atoms with van der Waals surface area (Å²) in [6, 6.07) is 7.38. The standard InChI is InChI=1S/C18H26N4.C2HF3O2/c1-14-6-7-15(10-19-12-17-5-4-8-21(17)2)18(9-14)16-11-20-22(3)13-16;3-2(4,5)1(6)7/h6-7,9,11,13,17,19H,4-5,8,10,12H2,1-3H3;(H,6,7). The number of aromatic nitrogens is 2. The number of carbonyl (C=O) groups is 1. The fourth-order valence-corrected chi connectivity index (χ4v) is 3.28. The number of benzene rings is 1. The quantitative estimate of drug-likeness (QED) is 0.789. The Morgan fingerprint density at radius 1 is 1.34 bits per heavy atom. The predicted molar refractivity (Wildman–Crippen MR) is 104 cm³/mol. The van der Waals surface area contributed by atoms with Crippen LogP contribution in [0, 0.1) is 6.92 Å². The number of nitrogens with zero attached hydrogens (tertiary/aromatic N) is 3. The van der Waals surface area contributed by atoms with Gasteiger partial charge in [-0.15, -0.1) is 0 Å². The van der Waals surface area contributed by atoms with Gasteiger partial charge in [0.25, 0.3) is 0 Å². The molecule has 2 heterocycles. The molecule has 3 rings (SSSR count). The highest BCUT2D eigenvalue weighted by molar-refractivity contribution is 5.73. The van der Waals surface area contributed by atoms with Crippen molar-refractivity contribution < 1.29 is 23.1 Å². The molecule has 0 amide bonds. The van der Waals surface area contributed by atoms with Gasteiger partial charge in [0.05, 0.1) is 6.20 Å². The fraction of sp³-hybridized carbons (Fsp3) is 0.500. The number of likely N-dealkylation sites (tertiary alicyclic amines) is 1. The molecular weight excluding hydrogens is 385 g/mol. The Hall–Kier alpha value is -2.39. The maximum Gasteiger partial charge on any atom is 0.490 e. The first-order chi connectivity index (χ1) is 13.6. The summed E-state index contributed by atoms with van der Waals surface area (Å²) >= 11 is 0. The molecule has 0 radical (unpaired) electrons. The molecule has 2 N–H and O–H groups in total. The van der Waals surface area contributed by atoms with Gasteiger partial charge in [0, 0.05) is 37.9 Å². The number of carboxylic acids is 1. The molecule has 1 aliphatic rings. The van der Waals surface area contributed by atoms with Crippen LogP contribution in [0.5, 0.6) is 0 Å². The van der Waals surface area contributed by atoms with Crippen LogP contribution < -0.4 is 5.32 Å². The van der Waals surface area contributed by atoms with Crippen LogP contribution in [0.25, 0.3) is 11.1 Å². The Morgan fingerprint density at radius 3 is 2.55 bits per heavy atom. The van der Waals surface area contributed by atoms with Gasteiger partial charge in [-0.3, -0.25) is 4.68 Å². The second-order valence-corrected chi connectivity index (χ2v) is 7.27. The number of halogens is 3. The fourth-order valence-electron chi connectivity index (χ4n) is 3.28. The van der Waals surface area contributed by atoms with Crippen LogP contribution >= 0.6 is 0 Å². The van der Waals surface area contributed by atoms with Crippen LogP contribution in [0.3, 0.4) is 0 Å². The van der Waals surface area contributed by atoms with Gasteiger partial charge in [-0.1, -0.05) is 23.8 Å². The van der Waals surface area contributed by atoms with E-state index in [0.717, 1.165) is 13.1 Å². The van der Waals surface area contributed by atoms with E-state index >= 15 is 0 Å². The predicted octanol–water partition coefficient (Wildman–Crippen LogP) is 3.21. The lowest BCUT2D eigenvalue weighted by Crippen LogP contribution is -2.35. The smallest absolute Gasteiger partial charge is 0.475 e. The molecule has 2 aromatic rings. The summed E-state index contributed by atoms with van der Waals surface area (Å²) in [5.74, 6) is -2.76.